The van der Waals surface area contributed by atoms with Gasteiger partial charge in [-0.3, -0.25) is 4.79 Å². The monoisotopic (exact) mass is 280 g/mol. The van der Waals surface area contributed by atoms with E-state index in [0.717, 1.165) is 24.7 Å². The highest BCUT2D eigenvalue weighted by atomic mass is 16.1. The number of benzene rings is 2. The van der Waals surface area contributed by atoms with E-state index in [0.29, 0.717) is 0 Å². The fraction of sp³-hybridized carbons (Fsp3) is 0.350. The van der Waals surface area contributed by atoms with Crippen molar-refractivity contribution in [3.63, 3.8) is 0 Å². The van der Waals surface area contributed by atoms with Gasteiger partial charge in [0.25, 0.3) is 0 Å². The van der Waals surface area contributed by atoms with E-state index in [4.69, 9.17) is 0 Å². The number of hydrogen-bond donors (Lipinski definition) is 0. The van der Waals surface area contributed by atoms with E-state index < -0.39 is 0 Å². The molecular formula is C20H24O. The zero-order chi connectivity index (χ0) is 15.5. The van der Waals surface area contributed by atoms with Gasteiger partial charge >= 0.3 is 0 Å². The van der Waals surface area contributed by atoms with Crippen LogP contribution in [0.15, 0.2) is 42.5 Å². The van der Waals surface area contributed by atoms with Crippen molar-refractivity contribution >= 4 is 6.29 Å². The molecule has 0 saturated heterocycles. The lowest BCUT2D eigenvalue weighted by molar-refractivity contribution is 0.112. The van der Waals surface area contributed by atoms with E-state index in [9.17, 15) is 4.79 Å². The summed E-state index contributed by atoms with van der Waals surface area (Å²) in [4.78, 5) is 10.7. The fourth-order valence-electron chi connectivity index (χ4n) is 2.76. The van der Waals surface area contributed by atoms with Gasteiger partial charge in [-0.05, 0) is 47.4 Å². The molecule has 110 valence electrons. The van der Waals surface area contributed by atoms with E-state index in [-0.39, 0.29) is 5.41 Å². The second-order valence-corrected chi connectivity index (χ2v) is 6.04. The van der Waals surface area contributed by atoms with Gasteiger partial charge < -0.3 is 0 Å². The molecule has 0 unspecified atom stereocenters. The van der Waals surface area contributed by atoms with Crippen molar-refractivity contribution in [3.05, 3.63) is 59.2 Å². The zero-order valence-corrected chi connectivity index (χ0v) is 13.4. The molecule has 1 nitrogen and oxygen atoms in total. The molecule has 0 radical (unpaired) electrons. The molecule has 2 aromatic rings. The van der Waals surface area contributed by atoms with Crippen molar-refractivity contribution in [1.82, 2.24) is 0 Å². The van der Waals surface area contributed by atoms with Crippen LogP contribution >= 0.6 is 0 Å². The molecule has 0 spiro atoms. The quantitative estimate of drug-likeness (QED) is 0.656. The smallest absolute Gasteiger partial charge is 0.150 e. The number of hydrogen-bond acceptors (Lipinski definition) is 1. The Labute approximate surface area is 128 Å². The minimum absolute atomic E-state index is 0.255. The Balaban J connectivity index is 2.41. The molecule has 2 rings (SSSR count). The van der Waals surface area contributed by atoms with Crippen molar-refractivity contribution in [2.24, 2.45) is 0 Å². The lowest BCUT2D eigenvalue weighted by Gasteiger charge is -2.28. The Kier molecular flexibility index (Phi) is 4.62. The summed E-state index contributed by atoms with van der Waals surface area (Å²) in [6.45, 7) is 9.01. The minimum Gasteiger partial charge on any atom is -0.298 e. The Morgan fingerprint density at radius 2 is 1.62 bits per heavy atom. The van der Waals surface area contributed by atoms with Gasteiger partial charge in [0.1, 0.15) is 6.29 Å². The third kappa shape index (κ3) is 3.07. The predicted molar refractivity (Wildman–Crippen MR) is 89.9 cm³/mol. The molecule has 0 fully saturated rings. The molecule has 0 saturated carbocycles. The molecule has 21 heavy (non-hydrogen) atoms. The molecule has 1 heteroatoms. The topological polar surface area (TPSA) is 17.1 Å². The average molecular weight is 280 g/mol. The summed E-state index contributed by atoms with van der Waals surface area (Å²) >= 11 is 0. The average Bonchev–Trinajstić information content (AvgIpc) is 2.54. The van der Waals surface area contributed by atoms with Gasteiger partial charge in [0, 0.05) is 5.56 Å². The standard InChI is InChI=1S/C20H24O/c1-5-20(4,6-2)18-11-12-19(15(3)13-18)17-9-7-16(14-21)8-10-17/h7-14H,5-6H2,1-4H3. The molecule has 0 aliphatic rings. The van der Waals surface area contributed by atoms with E-state index in [1.54, 1.807) is 0 Å². The number of carbonyl (C=O) groups excluding carboxylic acids is 1. The summed E-state index contributed by atoms with van der Waals surface area (Å²) in [5.41, 5.74) is 6.09. The first-order chi connectivity index (χ1) is 10.0. The van der Waals surface area contributed by atoms with Crippen LogP contribution in [0.25, 0.3) is 11.1 Å². The second kappa shape index (κ2) is 6.26. The van der Waals surface area contributed by atoms with E-state index >= 15 is 0 Å². The van der Waals surface area contributed by atoms with Crippen LogP contribution in [0, 0.1) is 6.92 Å². The van der Waals surface area contributed by atoms with E-state index in [2.05, 4.69) is 45.9 Å². The lowest BCUT2D eigenvalue weighted by atomic mass is 9.77. The third-order valence-corrected chi connectivity index (χ3v) is 4.84. The molecule has 0 amide bonds. The Bertz CT molecular complexity index is 619. The van der Waals surface area contributed by atoms with Crippen LogP contribution in [-0.2, 0) is 5.41 Å². The zero-order valence-electron chi connectivity index (χ0n) is 13.4. The van der Waals surface area contributed by atoms with Crippen molar-refractivity contribution in [3.8, 4) is 11.1 Å². The van der Waals surface area contributed by atoms with Crippen molar-refractivity contribution in [2.75, 3.05) is 0 Å². The first-order valence-electron chi connectivity index (χ1n) is 7.71. The molecule has 0 aromatic heterocycles. The van der Waals surface area contributed by atoms with Crippen molar-refractivity contribution in [2.45, 2.75) is 46.0 Å². The lowest BCUT2D eigenvalue weighted by Crippen LogP contribution is -2.19. The number of aldehydes is 1. The summed E-state index contributed by atoms with van der Waals surface area (Å²) in [6.07, 6.45) is 3.18. The normalized spacial score (nSPS) is 11.4. The Hall–Kier alpha value is -1.89. The summed E-state index contributed by atoms with van der Waals surface area (Å²) in [5, 5.41) is 0. The predicted octanol–water partition coefficient (Wildman–Crippen LogP) is 5.55. The van der Waals surface area contributed by atoms with Gasteiger partial charge in [0.05, 0.1) is 0 Å². The van der Waals surface area contributed by atoms with Crippen LogP contribution in [-0.4, -0.2) is 6.29 Å². The maximum atomic E-state index is 10.7. The van der Waals surface area contributed by atoms with Crippen LogP contribution in [0.1, 0.15) is 55.1 Å². The number of carbonyl (C=O) groups is 1. The van der Waals surface area contributed by atoms with Crippen LogP contribution < -0.4 is 0 Å². The van der Waals surface area contributed by atoms with Crippen molar-refractivity contribution in [1.29, 1.82) is 0 Å². The maximum absolute atomic E-state index is 10.7. The third-order valence-electron chi connectivity index (χ3n) is 4.84. The summed E-state index contributed by atoms with van der Waals surface area (Å²) in [6, 6.07) is 14.6. The van der Waals surface area contributed by atoms with E-state index in [1.165, 1.54) is 22.3 Å². The van der Waals surface area contributed by atoms with E-state index in [1.807, 2.05) is 24.3 Å². The van der Waals surface area contributed by atoms with Gasteiger partial charge in [0.2, 0.25) is 0 Å². The highest BCUT2D eigenvalue weighted by Crippen LogP contribution is 2.34. The molecule has 0 aliphatic heterocycles. The van der Waals surface area contributed by atoms with Crippen LogP contribution in [0.3, 0.4) is 0 Å². The highest BCUT2D eigenvalue weighted by Gasteiger charge is 2.22. The SMILES string of the molecule is CCC(C)(CC)c1ccc(-c2ccc(C=O)cc2)c(C)c1. The largest absolute Gasteiger partial charge is 0.298 e. The molecule has 0 heterocycles. The Morgan fingerprint density at radius 1 is 1.00 bits per heavy atom. The van der Waals surface area contributed by atoms with Gasteiger partial charge in [-0.25, -0.2) is 0 Å². The molecule has 0 N–H and O–H groups in total. The molecule has 2 aromatic carbocycles. The first-order valence-corrected chi connectivity index (χ1v) is 7.71. The van der Waals surface area contributed by atoms with Gasteiger partial charge in [-0.15, -0.1) is 0 Å². The van der Waals surface area contributed by atoms with Crippen LogP contribution in [0.5, 0.6) is 0 Å². The molecular weight excluding hydrogens is 256 g/mol. The summed E-state index contributed by atoms with van der Waals surface area (Å²) in [5.74, 6) is 0. The number of aryl methyl sites for hydroxylation is 1. The van der Waals surface area contributed by atoms with Crippen LogP contribution in [0.4, 0.5) is 0 Å². The summed E-state index contributed by atoms with van der Waals surface area (Å²) < 4.78 is 0. The fourth-order valence-corrected chi connectivity index (χ4v) is 2.76. The molecule has 0 bridgehead atoms. The first kappa shape index (κ1) is 15.5. The molecule has 0 aliphatic carbocycles. The van der Waals surface area contributed by atoms with Gasteiger partial charge in [-0.1, -0.05) is 63.2 Å². The highest BCUT2D eigenvalue weighted by molar-refractivity contribution is 5.77. The van der Waals surface area contributed by atoms with Gasteiger partial charge in [-0.2, -0.15) is 0 Å². The van der Waals surface area contributed by atoms with Crippen LogP contribution in [0.2, 0.25) is 0 Å². The summed E-state index contributed by atoms with van der Waals surface area (Å²) in [7, 11) is 0. The second-order valence-electron chi connectivity index (χ2n) is 6.04. The van der Waals surface area contributed by atoms with Gasteiger partial charge in [0.15, 0.2) is 0 Å². The number of rotatable bonds is 5. The minimum atomic E-state index is 0.255. The maximum Gasteiger partial charge on any atom is 0.150 e. The molecule has 0 atom stereocenters. The van der Waals surface area contributed by atoms with Crippen molar-refractivity contribution < 1.29 is 4.79 Å². The Morgan fingerprint density at radius 3 is 2.10 bits per heavy atom.